The lowest BCUT2D eigenvalue weighted by Crippen LogP contribution is -2.49. The second kappa shape index (κ2) is 8.60. The smallest absolute Gasteiger partial charge is 0.254 e. The summed E-state index contributed by atoms with van der Waals surface area (Å²) in [4.78, 5) is 16.2. The van der Waals surface area contributed by atoms with Gasteiger partial charge in [0.15, 0.2) is 11.6 Å². The first kappa shape index (κ1) is 18.8. The van der Waals surface area contributed by atoms with Crippen molar-refractivity contribution in [1.29, 1.82) is 5.26 Å². The van der Waals surface area contributed by atoms with Crippen LogP contribution in [0.4, 0.5) is 8.78 Å². The van der Waals surface area contributed by atoms with E-state index in [0.29, 0.717) is 50.6 Å². The summed E-state index contributed by atoms with van der Waals surface area (Å²) in [6, 6.07) is 12.3. The Hall–Kier alpha value is -2.98. The third kappa shape index (κ3) is 4.80. The van der Waals surface area contributed by atoms with Gasteiger partial charge in [0.1, 0.15) is 12.4 Å². The molecule has 1 aliphatic heterocycles. The highest BCUT2D eigenvalue weighted by Gasteiger charge is 2.22. The summed E-state index contributed by atoms with van der Waals surface area (Å²) in [6.45, 7) is 3.56. The molecule has 2 aromatic rings. The maximum atomic E-state index is 13.3. The summed E-state index contributed by atoms with van der Waals surface area (Å²) >= 11 is 0. The molecule has 2 aromatic carbocycles. The van der Waals surface area contributed by atoms with Crippen molar-refractivity contribution in [3.8, 4) is 11.8 Å². The Morgan fingerprint density at radius 2 is 1.85 bits per heavy atom. The fourth-order valence-corrected chi connectivity index (χ4v) is 2.93. The van der Waals surface area contributed by atoms with Crippen LogP contribution in [0.2, 0.25) is 0 Å². The Morgan fingerprint density at radius 3 is 2.56 bits per heavy atom. The largest absolute Gasteiger partial charge is 0.492 e. The molecule has 1 heterocycles. The van der Waals surface area contributed by atoms with Crippen molar-refractivity contribution in [2.75, 3.05) is 39.3 Å². The van der Waals surface area contributed by atoms with Crippen molar-refractivity contribution in [3.05, 3.63) is 65.2 Å². The van der Waals surface area contributed by atoms with E-state index in [4.69, 9.17) is 10.00 Å². The van der Waals surface area contributed by atoms with Crippen LogP contribution in [0.1, 0.15) is 15.9 Å². The number of benzene rings is 2. The lowest BCUT2D eigenvalue weighted by Gasteiger charge is -2.34. The van der Waals surface area contributed by atoms with Crippen LogP contribution in [-0.2, 0) is 0 Å². The van der Waals surface area contributed by atoms with Crippen LogP contribution in [0.3, 0.4) is 0 Å². The number of hydrogen-bond donors (Lipinski definition) is 0. The minimum Gasteiger partial charge on any atom is -0.492 e. The highest BCUT2D eigenvalue weighted by Crippen LogP contribution is 2.14. The molecule has 5 nitrogen and oxygen atoms in total. The quantitative estimate of drug-likeness (QED) is 0.811. The predicted molar refractivity (Wildman–Crippen MR) is 95.4 cm³/mol. The third-order valence-electron chi connectivity index (χ3n) is 4.47. The zero-order valence-corrected chi connectivity index (χ0v) is 14.7. The van der Waals surface area contributed by atoms with Gasteiger partial charge in [0.05, 0.1) is 11.6 Å². The first-order valence-corrected chi connectivity index (χ1v) is 8.66. The number of halogens is 2. The zero-order chi connectivity index (χ0) is 19.2. The number of carbonyl (C=O) groups excluding carboxylic acids is 1. The first-order valence-electron chi connectivity index (χ1n) is 8.66. The first-order chi connectivity index (χ1) is 13.1. The molecular formula is C20H19F2N3O2. The minimum absolute atomic E-state index is 0.156. The van der Waals surface area contributed by atoms with Crippen LogP contribution in [0.25, 0.3) is 0 Å². The van der Waals surface area contributed by atoms with Crippen LogP contribution in [-0.4, -0.2) is 55.0 Å². The number of amides is 1. The molecule has 7 heteroatoms. The fourth-order valence-electron chi connectivity index (χ4n) is 2.93. The average Bonchev–Trinajstić information content (AvgIpc) is 2.70. The number of rotatable bonds is 5. The molecule has 1 fully saturated rings. The topological polar surface area (TPSA) is 56.6 Å². The molecule has 140 valence electrons. The van der Waals surface area contributed by atoms with Crippen LogP contribution in [0.5, 0.6) is 5.75 Å². The van der Waals surface area contributed by atoms with Crippen molar-refractivity contribution in [2.45, 2.75) is 0 Å². The maximum absolute atomic E-state index is 13.3. The number of piperazine rings is 1. The van der Waals surface area contributed by atoms with Gasteiger partial charge in [-0.25, -0.2) is 8.78 Å². The second-order valence-corrected chi connectivity index (χ2v) is 6.25. The lowest BCUT2D eigenvalue weighted by molar-refractivity contribution is 0.0619. The molecule has 0 unspecified atom stereocenters. The van der Waals surface area contributed by atoms with Crippen LogP contribution in [0.15, 0.2) is 42.5 Å². The fraction of sp³-hybridized carbons (Fsp3) is 0.300. The molecule has 1 amide bonds. The molecule has 27 heavy (non-hydrogen) atoms. The van der Waals surface area contributed by atoms with Gasteiger partial charge in [0.25, 0.3) is 5.91 Å². The van der Waals surface area contributed by atoms with E-state index < -0.39 is 11.6 Å². The Bertz CT molecular complexity index is 859. The summed E-state index contributed by atoms with van der Waals surface area (Å²) in [5, 5.41) is 8.89. The molecular weight excluding hydrogens is 352 g/mol. The Balaban J connectivity index is 1.45. The van der Waals surface area contributed by atoms with Crippen LogP contribution >= 0.6 is 0 Å². The summed E-state index contributed by atoms with van der Waals surface area (Å²) in [5.41, 5.74) is 0.708. The van der Waals surface area contributed by atoms with Gasteiger partial charge in [-0.3, -0.25) is 9.69 Å². The molecule has 0 N–H and O–H groups in total. The van der Waals surface area contributed by atoms with Crippen molar-refractivity contribution in [1.82, 2.24) is 9.80 Å². The van der Waals surface area contributed by atoms with E-state index in [1.165, 1.54) is 6.07 Å². The monoisotopic (exact) mass is 371 g/mol. The minimum atomic E-state index is -1.02. The number of nitriles is 1. The predicted octanol–water partition coefficient (Wildman–Crippen LogP) is 2.67. The van der Waals surface area contributed by atoms with Crippen molar-refractivity contribution >= 4 is 5.91 Å². The lowest BCUT2D eigenvalue weighted by atomic mass is 10.1. The van der Waals surface area contributed by atoms with Gasteiger partial charge >= 0.3 is 0 Å². The van der Waals surface area contributed by atoms with E-state index in [1.807, 2.05) is 0 Å². The normalized spacial score (nSPS) is 14.6. The van der Waals surface area contributed by atoms with Gasteiger partial charge in [-0.15, -0.1) is 0 Å². The number of nitrogens with zero attached hydrogens (tertiary/aromatic N) is 3. The number of hydrogen-bond acceptors (Lipinski definition) is 4. The van der Waals surface area contributed by atoms with E-state index in [-0.39, 0.29) is 11.5 Å². The summed E-state index contributed by atoms with van der Waals surface area (Å²) in [7, 11) is 0. The van der Waals surface area contributed by atoms with Crippen LogP contribution in [0, 0.1) is 23.0 Å². The molecule has 1 saturated heterocycles. The van der Waals surface area contributed by atoms with Crippen molar-refractivity contribution in [2.24, 2.45) is 0 Å². The second-order valence-electron chi connectivity index (χ2n) is 6.25. The van der Waals surface area contributed by atoms with Crippen molar-refractivity contribution in [3.63, 3.8) is 0 Å². The van der Waals surface area contributed by atoms with E-state index in [0.717, 1.165) is 12.1 Å². The highest BCUT2D eigenvalue weighted by atomic mass is 19.2. The molecule has 0 bridgehead atoms. The van der Waals surface area contributed by atoms with Gasteiger partial charge in [0, 0.05) is 38.3 Å². The standard InChI is InChI=1S/C20H19F2N3O2/c21-18-5-4-16(13-19(18)22)20(26)25-8-6-24(7-9-25)10-11-27-17-3-1-2-15(12-17)14-23/h1-5,12-13H,6-11H2. The van der Waals surface area contributed by atoms with Gasteiger partial charge in [-0.2, -0.15) is 5.26 Å². The van der Waals surface area contributed by atoms with Gasteiger partial charge in [0.2, 0.25) is 0 Å². The van der Waals surface area contributed by atoms with Gasteiger partial charge in [-0.05, 0) is 36.4 Å². The molecule has 0 radical (unpaired) electrons. The molecule has 3 rings (SSSR count). The highest BCUT2D eigenvalue weighted by molar-refractivity contribution is 5.94. The molecule has 0 saturated carbocycles. The summed E-state index contributed by atoms with van der Waals surface area (Å²) < 4.78 is 32.0. The molecule has 0 aromatic heterocycles. The van der Waals surface area contributed by atoms with E-state index in [9.17, 15) is 13.6 Å². The Morgan fingerprint density at radius 1 is 1.07 bits per heavy atom. The van der Waals surface area contributed by atoms with E-state index >= 15 is 0 Å². The van der Waals surface area contributed by atoms with Crippen LogP contribution < -0.4 is 4.74 Å². The van der Waals surface area contributed by atoms with Crippen molar-refractivity contribution < 1.29 is 18.3 Å². The van der Waals surface area contributed by atoms with E-state index in [1.54, 1.807) is 29.2 Å². The molecule has 0 atom stereocenters. The average molecular weight is 371 g/mol. The SMILES string of the molecule is N#Cc1cccc(OCCN2CCN(C(=O)c3ccc(F)c(F)c3)CC2)c1. The van der Waals surface area contributed by atoms with E-state index in [2.05, 4.69) is 11.0 Å². The number of carbonyl (C=O) groups is 1. The summed E-state index contributed by atoms with van der Waals surface area (Å²) in [5.74, 6) is -1.62. The summed E-state index contributed by atoms with van der Waals surface area (Å²) in [6.07, 6.45) is 0. The molecule has 1 aliphatic rings. The number of ether oxygens (including phenoxy) is 1. The zero-order valence-electron chi connectivity index (χ0n) is 14.7. The Kier molecular flexibility index (Phi) is 5.99. The molecule has 0 aliphatic carbocycles. The maximum Gasteiger partial charge on any atom is 0.254 e. The molecule has 0 spiro atoms. The van der Waals surface area contributed by atoms with Gasteiger partial charge in [-0.1, -0.05) is 6.07 Å². The Labute approximate surface area is 156 Å². The third-order valence-corrected chi connectivity index (χ3v) is 4.47. The van der Waals surface area contributed by atoms with Gasteiger partial charge < -0.3 is 9.64 Å².